The molecule has 10 heteroatoms. The number of carbonyl (C=O) groups excluding carboxylic acids is 2. The molecule has 3 N–H and O–H groups in total. The fourth-order valence-corrected chi connectivity index (χ4v) is 5.96. The summed E-state index contributed by atoms with van der Waals surface area (Å²) >= 11 is 0. The van der Waals surface area contributed by atoms with Crippen molar-refractivity contribution in [1.82, 2.24) is 24.7 Å². The number of hydrogen-bond donors (Lipinski definition) is 3. The van der Waals surface area contributed by atoms with Crippen LogP contribution < -0.4 is 16.0 Å². The second-order valence-corrected chi connectivity index (χ2v) is 10.5. The van der Waals surface area contributed by atoms with Gasteiger partial charge in [0.15, 0.2) is 0 Å². The summed E-state index contributed by atoms with van der Waals surface area (Å²) < 4.78 is 7.37. The minimum Gasteiger partial charge on any atom is -0.384 e. The Morgan fingerprint density at radius 1 is 1.15 bits per heavy atom. The zero-order valence-electron chi connectivity index (χ0n) is 22.5. The number of carbonyl (C=O) groups is 2. The van der Waals surface area contributed by atoms with Gasteiger partial charge in [-0.25, -0.2) is 4.98 Å². The van der Waals surface area contributed by atoms with E-state index in [9.17, 15) is 9.59 Å². The Labute approximate surface area is 228 Å². The van der Waals surface area contributed by atoms with E-state index in [4.69, 9.17) is 9.72 Å². The van der Waals surface area contributed by atoms with Gasteiger partial charge in [0, 0.05) is 55.6 Å². The van der Waals surface area contributed by atoms with E-state index in [-0.39, 0.29) is 18.4 Å². The Kier molecular flexibility index (Phi) is 7.49. The lowest BCUT2D eigenvalue weighted by Crippen LogP contribution is -2.40. The molecular formula is C29H37N7O3. The Balaban J connectivity index is 1.22. The minimum absolute atomic E-state index is 0.0899. The van der Waals surface area contributed by atoms with Crippen LogP contribution in [0.3, 0.4) is 0 Å². The molecule has 0 saturated carbocycles. The molecule has 1 aromatic heterocycles. The minimum atomic E-state index is -0.0961. The van der Waals surface area contributed by atoms with Gasteiger partial charge in [0.05, 0.1) is 29.9 Å². The first-order valence-corrected chi connectivity index (χ1v) is 14.1. The van der Waals surface area contributed by atoms with Gasteiger partial charge >= 0.3 is 0 Å². The van der Waals surface area contributed by atoms with Crippen LogP contribution in [0.5, 0.6) is 0 Å². The van der Waals surface area contributed by atoms with Crippen molar-refractivity contribution in [3.05, 3.63) is 42.0 Å². The van der Waals surface area contributed by atoms with Gasteiger partial charge in [-0.15, -0.1) is 0 Å². The van der Waals surface area contributed by atoms with Gasteiger partial charge < -0.3 is 25.3 Å². The van der Waals surface area contributed by atoms with E-state index >= 15 is 0 Å². The van der Waals surface area contributed by atoms with E-state index in [1.807, 2.05) is 41.0 Å². The standard InChI is InChI=1S/C29H37N7O3/c1-2-35-10-3-4-22(35)18-31-29(38)20-5-8-26-25(16-20)33-28-23-17-21(30-9-11-34-12-14-39-15-13-34)6-7-24(23)32-27(37)19-36(26)28/h5-8,16-17,22,30H,2-4,9-15,18-19H2,1H3,(H,31,38)(H,32,37). The Hall–Kier alpha value is -3.47. The summed E-state index contributed by atoms with van der Waals surface area (Å²) in [6, 6.07) is 11.9. The number of morpholine rings is 1. The van der Waals surface area contributed by atoms with E-state index in [2.05, 4.69) is 32.7 Å². The van der Waals surface area contributed by atoms with Crippen molar-refractivity contribution in [3.63, 3.8) is 0 Å². The van der Waals surface area contributed by atoms with Crippen LogP contribution in [0.25, 0.3) is 22.4 Å². The summed E-state index contributed by atoms with van der Waals surface area (Å²) in [6.45, 7) is 10.3. The highest BCUT2D eigenvalue weighted by Crippen LogP contribution is 2.35. The first-order chi connectivity index (χ1) is 19.1. The maximum Gasteiger partial charge on any atom is 0.251 e. The molecule has 3 aliphatic rings. The number of anilines is 2. The summed E-state index contributed by atoms with van der Waals surface area (Å²) in [5.74, 6) is 0.534. The van der Waals surface area contributed by atoms with Crippen LogP contribution in [0.4, 0.5) is 11.4 Å². The van der Waals surface area contributed by atoms with E-state index in [1.54, 1.807) is 0 Å². The van der Waals surface area contributed by atoms with Gasteiger partial charge in [-0.05, 0) is 62.3 Å². The molecule has 4 heterocycles. The number of fused-ring (bicyclic) bond motifs is 5. The van der Waals surface area contributed by atoms with Gasteiger partial charge in [0.2, 0.25) is 5.91 Å². The molecule has 0 spiro atoms. The number of imidazole rings is 1. The molecule has 3 aromatic rings. The van der Waals surface area contributed by atoms with Crippen molar-refractivity contribution >= 4 is 34.2 Å². The molecule has 1 atom stereocenters. The number of likely N-dealkylation sites (tertiary alicyclic amines) is 1. The summed E-state index contributed by atoms with van der Waals surface area (Å²) in [5.41, 5.74) is 4.70. The van der Waals surface area contributed by atoms with Gasteiger partial charge in [-0.1, -0.05) is 6.92 Å². The molecule has 2 fully saturated rings. The highest BCUT2D eigenvalue weighted by atomic mass is 16.5. The summed E-state index contributed by atoms with van der Waals surface area (Å²) in [4.78, 5) is 35.5. The number of ether oxygens (including phenoxy) is 1. The van der Waals surface area contributed by atoms with Crippen LogP contribution in [0, 0.1) is 0 Å². The maximum absolute atomic E-state index is 13.0. The number of amides is 2. The number of benzene rings is 2. The van der Waals surface area contributed by atoms with E-state index in [0.717, 1.165) is 87.2 Å². The average molecular weight is 532 g/mol. The Morgan fingerprint density at radius 2 is 2.03 bits per heavy atom. The lowest BCUT2D eigenvalue weighted by Gasteiger charge is -2.26. The first kappa shape index (κ1) is 25.8. The van der Waals surface area contributed by atoms with Gasteiger partial charge in [-0.2, -0.15) is 0 Å². The topological polar surface area (TPSA) is 104 Å². The molecule has 1 unspecified atom stereocenters. The predicted molar refractivity (Wildman–Crippen MR) is 152 cm³/mol. The molecule has 3 aliphatic heterocycles. The molecule has 39 heavy (non-hydrogen) atoms. The number of aromatic nitrogens is 2. The van der Waals surface area contributed by atoms with Crippen molar-refractivity contribution in [2.45, 2.75) is 32.4 Å². The summed E-state index contributed by atoms with van der Waals surface area (Å²) in [7, 11) is 0. The van der Waals surface area contributed by atoms with E-state index < -0.39 is 0 Å². The number of likely N-dealkylation sites (N-methyl/N-ethyl adjacent to an activating group) is 1. The second kappa shape index (κ2) is 11.3. The number of nitrogens with one attached hydrogen (secondary N) is 3. The van der Waals surface area contributed by atoms with Crippen LogP contribution in [0.15, 0.2) is 36.4 Å². The van der Waals surface area contributed by atoms with Crippen LogP contribution in [-0.2, 0) is 16.1 Å². The van der Waals surface area contributed by atoms with Crippen LogP contribution >= 0.6 is 0 Å². The zero-order valence-corrected chi connectivity index (χ0v) is 22.5. The maximum atomic E-state index is 13.0. The van der Waals surface area contributed by atoms with Crippen molar-refractivity contribution in [1.29, 1.82) is 0 Å². The molecule has 2 amide bonds. The largest absolute Gasteiger partial charge is 0.384 e. The molecule has 6 rings (SSSR count). The van der Waals surface area contributed by atoms with Gasteiger partial charge in [0.1, 0.15) is 12.4 Å². The number of hydrogen-bond acceptors (Lipinski definition) is 7. The quantitative estimate of drug-likeness (QED) is 0.411. The zero-order chi connectivity index (χ0) is 26.8. The normalized spacial score (nSPS) is 19.8. The Morgan fingerprint density at radius 3 is 2.87 bits per heavy atom. The molecule has 0 aliphatic carbocycles. The highest BCUT2D eigenvalue weighted by Gasteiger charge is 2.25. The third-order valence-corrected chi connectivity index (χ3v) is 8.11. The predicted octanol–water partition coefficient (Wildman–Crippen LogP) is 2.61. The van der Waals surface area contributed by atoms with Crippen molar-refractivity contribution < 1.29 is 14.3 Å². The SMILES string of the molecule is CCN1CCCC1CNC(=O)c1ccc2c(c1)nc1n2CC(=O)Nc2ccc(NCCN3CCOCC3)cc2-1. The van der Waals surface area contributed by atoms with E-state index in [1.165, 1.54) is 6.42 Å². The fraction of sp³-hybridized carbons (Fsp3) is 0.483. The molecule has 0 bridgehead atoms. The second-order valence-electron chi connectivity index (χ2n) is 10.5. The van der Waals surface area contributed by atoms with Crippen LogP contribution in [-0.4, -0.2) is 96.2 Å². The van der Waals surface area contributed by atoms with Gasteiger partial charge in [-0.3, -0.25) is 19.4 Å². The molecule has 0 radical (unpaired) electrons. The lowest BCUT2D eigenvalue weighted by molar-refractivity contribution is -0.116. The van der Waals surface area contributed by atoms with Crippen molar-refractivity contribution in [2.24, 2.45) is 0 Å². The third-order valence-electron chi connectivity index (χ3n) is 8.11. The fourth-order valence-electron chi connectivity index (χ4n) is 5.96. The molecule has 2 saturated heterocycles. The smallest absolute Gasteiger partial charge is 0.251 e. The van der Waals surface area contributed by atoms with Crippen LogP contribution in [0.1, 0.15) is 30.1 Å². The molecule has 2 aromatic carbocycles. The van der Waals surface area contributed by atoms with Crippen LogP contribution in [0.2, 0.25) is 0 Å². The molecular weight excluding hydrogens is 494 g/mol. The van der Waals surface area contributed by atoms with Gasteiger partial charge in [0.25, 0.3) is 5.91 Å². The highest BCUT2D eigenvalue weighted by molar-refractivity contribution is 6.01. The summed E-state index contributed by atoms with van der Waals surface area (Å²) in [5, 5.41) is 9.65. The Bertz CT molecular complexity index is 1360. The first-order valence-electron chi connectivity index (χ1n) is 14.1. The number of nitrogens with zero attached hydrogens (tertiary/aromatic N) is 4. The molecule has 206 valence electrons. The summed E-state index contributed by atoms with van der Waals surface area (Å²) in [6.07, 6.45) is 2.30. The lowest BCUT2D eigenvalue weighted by atomic mass is 10.1. The average Bonchev–Trinajstić information content (AvgIpc) is 3.53. The monoisotopic (exact) mass is 531 g/mol. The van der Waals surface area contributed by atoms with Crippen molar-refractivity contribution in [2.75, 3.05) is 69.7 Å². The molecule has 10 nitrogen and oxygen atoms in total. The number of rotatable bonds is 8. The van der Waals surface area contributed by atoms with Crippen molar-refractivity contribution in [3.8, 4) is 11.4 Å². The van der Waals surface area contributed by atoms with E-state index in [0.29, 0.717) is 23.7 Å². The third kappa shape index (κ3) is 5.50.